The van der Waals surface area contributed by atoms with E-state index in [1.807, 2.05) is 49.4 Å². The highest BCUT2D eigenvalue weighted by atomic mass is 127. The molecule has 0 aliphatic rings. The summed E-state index contributed by atoms with van der Waals surface area (Å²) >= 11 is 7.29. The van der Waals surface area contributed by atoms with E-state index in [4.69, 9.17) is 21.7 Å². The van der Waals surface area contributed by atoms with E-state index in [1.54, 1.807) is 13.3 Å². The van der Waals surface area contributed by atoms with Crippen LogP contribution in [0.1, 0.15) is 18.1 Å². The van der Waals surface area contributed by atoms with Gasteiger partial charge in [0.15, 0.2) is 16.6 Å². The van der Waals surface area contributed by atoms with Gasteiger partial charge in [-0.25, -0.2) is 0 Å². The van der Waals surface area contributed by atoms with Crippen LogP contribution in [0.5, 0.6) is 11.5 Å². The summed E-state index contributed by atoms with van der Waals surface area (Å²) in [4.78, 5) is 0. The van der Waals surface area contributed by atoms with Crippen LogP contribution in [-0.2, 0) is 6.61 Å². The average Bonchev–Trinajstić information content (AvgIpc) is 2.61. The molecular formula is C18H20IN3O2S. The summed E-state index contributed by atoms with van der Waals surface area (Å²) < 4.78 is 12.4. The van der Waals surface area contributed by atoms with Gasteiger partial charge < -0.3 is 14.8 Å². The fraction of sp³-hybridized carbons (Fsp3) is 0.222. The van der Waals surface area contributed by atoms with Crippen LogP contribution in [-0.4, -0.2) is 25.0 Å². The molecule has 2 N–H and O–H groups in total. The number of hydrazone groups is 1. The SMILES string of the molecule is CCNC(=S)N/N=C\c1cc(I)c(OCc2ccccc2)c(OC)c1. The van der Waals surface area contributed by atoms with Crippen LogP contribution >= 0.6 is 34.8 Å². The fourth-order valence-electron chi connectivity index (χ4n) is 2.05. The maximum absolute atomic E-state index is 5.95. The lowest BCUT2D eigenvalue weighted by atomic mass is 10.2. The first-order valence-electron chi connectivity index (χ1n) is 7.75. The van der Waals surface area contributed by atoms with Gasteiger partial charge in [-0.05, 0) is 65.0 Å². The zero-order valence-electron chi connectivity index (χ0n) is 14.1. The Kier molecular flexibility index (Phi) is 7.93. The van der Waals surface area contributed by atoms with Crippen molar-refractivity contribution in [1.29, 1.82) is 0 Å². The molecule has 0 heterocycles. The van der Waals surface area contributed by atoms with Crippen LogP contribution in [0.4, 0.5) is 0 Å². The fourth-order valence-corrected chi connectivity index (χ4v) is 3.03. The molecule has 0 unspecified atom stereocenters. The Morgan fingerprint density at radius 1 is 1.28 bits per heavy atom. The second-order valence-corrected chi connectivity index (χ2v) is 6.61. The van der Waals surface area contributed by atoms with Crippen LogP contribution in [0.15, 0.2) is 47.6 Å². The van der Waals surface area contributed by atoms with Crippen LogP contribution < -0.4 is 20.2 Å². The highest BCUT2D eigenvalue weighted by Gasteiger charge is 2.11. The Morgan fingerprint density at radius 2 is 2.04 bits per heavy atom. The zero-order valence-corrected chi connectivity index (χ0v) is 17.1. The molecule has 5 nitrogen and oxygen atoms in total. The highest BCUT2D eigenvalue weighted by molar-refractivity contribution is 14.1. The standard InChI is InChI=1S/C18H20IN3O2S/c1-3-20-18(25)22-21-11-14-9-15(19)17(16(10-14)23-2)24-12-13-7-5-4-6-8-13/h4-11H,3,12H2,1-2H3,(H2,20,22,25)/b21-11-. The van der Waals surface area contributed by atoms with Crippen molar-refractivity contribution in [1.82, 2.24) is 10.7 Å². The molecule has 2 rings (SSSR count). The number of thiocarbonyl (C=S) groups is 1. The number of methoxy groups -OCH3 is 1. The molecule has 2 aromatic rings. The van der Waals surface area contributed by atoms with Crippen molar-refractivity contribution in [3.05, 3.63) is 57.2 Å². The van der Waals surface area contributed by atoms with Gasteiger partial charge in [0.25, 0.3) is 0 Å². The Hall–Kier alpha value is -1.87. The van der Waals surface area contributed by atoms with E-state index < -0.39 is 0 Å². The van der Waals surface area contributed by atoms with Crippen LogP contribution in [0.25, 0.3) is 0 Å². The van der Waals surface area contributed by atoms with E-state index in [0.29, 0.717) is 17.5 Å². The van der Waals surface area contributed by atoms with Gasteiger partial charge in [-0.1, -0.05) is 30.3 Å². The second kappa shape index (κ2) is 10.2. The highest BCUT2D eigenvalue weighted by Crippen LogP contribution is 2.34. The molecule has 0 amide bonds. The maximum atomic E-state index is 5.95. The van der Waals surface area contributed by atoms with E-state index in [-0.39, 0.29) is 0 Å². The summed E-state index contributed by atoms with van der Waals surface area (Å²) in [6.07, 6.45) is 1.69. The third kappa shape index (κ3) is 6.17. The first-order chi connectivity index (χ1) is 12.1. The molecule has 0 aliphatic heterocycles. The van der Waals surface area contributed by atoms with Crippen molar-refractivity contribution in [3.63, 3.8) is 0 Å². The number of nitrogens with one attached hydrogen (secondary N) is 2. The molecule has 0 aromatic heterocycles. The Bertz CT molecular complexity index is 739. The van der Waals surface area contributed by atoms with Crippen molar-refractivity contribution in [3.8, 4) is 11.5 Å². The topological polar surface area (TPSA) is 54.9 Å². The average molecular weight is 469 g/mol. The summed E-state index contributed by atoms with van der Waals surface area (Å²) in [7, 11) is 1.63. The van der Waals surface area contributed by atoms with Gasteiger partial charge in [0.1, 0.15) is 6.61 Å². The minimum atomic E-state index is 0.485. The lowest BCUT2D eigenvalue weighted by molar-refractivity contribution is 0.282. The van der Waals surface area contributed by atoms with Crippen LogP contribution in [0, 0.1) is 3.57 Å². The summed E-state index contributed by atoms with van der Waals surface area (Å²) in [5, 5.41) is 7.58. The van der Waals surface area contributed by atoms with Gasteiger partial charge in [-0.15, -0.1) is 0 Å². The van der Waals surface area contributed by atoms with Gasteiger partial charge in [-0.2, -0.15) is 5.10 Å². The lowest BCUT2D eigenvalue weighted by Crippen LogP contribution is -2.31. The summed E-state index contributed by atoms with van der Waals surface area (Å²) in [6, 6.07) is 13.9. The predicted octanol–water partition coefficient (Wildman–Crippen LogP) is 3.70. The number of hydrogen-bond donors (Lipinski definition) is 2. The van der Waals surface area contributed by atoms with Crippen LogP contribution in [0.2, 0.25) is 0 Å². The molecule has 0 saturated carbocycles. The summed E-state index contributed by atoms with van der Waals surface area (Å²) in [6.45, 7) is 3.21. The summed E-state index contributed by atoms with van der Waals surface area (Å²) in [5.74, 6) is 1.39. The molecule has 2 aromatic carbocycles. The van der Waals surface area contributed by atoms with Gasteiger partial charge in [0, 0.05) is 6.54 Å². The van der Waals surface area contributed by atoms with E-state index in [0.717, 1.165) is 27.0 Å². The Labute approximate surface area is 166 Å². The third-order valence-corrected chi connectivity index (χ3v) is 4.23. The Balaban J connectivity index is 2.09. The molecule has 0 aliphatic carbocycles. The first kappa shape index (κ1) is 19.5. The first-order valence-corrected chi connectivity index (χ1v) is 9.24. The van der Waals surface area contributed by atoms with E-state index in [9.17, 15) is 0 Å². The monoisotopic (exact) mass is 469 g/mol. The van der Waals surface area contributed by atoms with Crippen molar-refractivity contribution < 1.29 is 9.47 Å². The number of halogens is 1. The van der Waals surface area contributed by atoms with Crippen molar-refractivity contribution in [2.75, 3.05) is 13.7 Å². The molecule has 0 fully saturated rings. The van der Waals surface area contributed by atoms with Crippen molar-refractivity contribution in [2.24, 2.45) is 5.10 Å². The maximum Gasteiger partial charge on any atom is 0.186 e. The smallest absolute Gasteiger partial charge is 0.186 e. The minimum absolute atomic E-state index is 0.485. The Morgan fingerprint density at radius 3 is 2.72 bits per heavy atom. The third-order valence-electron chi connectivity index (χ3n) is 3.19. The van der Waals surface area contributed by atoms with Gasteiger partial charge >= 0.3 is 0 Å². The van der Waals surface area contributed by atoms with E-state index >= 15 is 0 Å². The predicted molar refractivity (Wildman–Crippen MR) is 113 cm³/mol. The van der Waals surface area contributed by atoms with Gasteiger partial charge in [0.05, 0.1) is 16.9 Å². The number of hydrogen-bond acceptors (Lipinski definition) is 4. The molecular weight excluding hydrogens is 449 g/mol. The van der Waals surface area contributed by atoms with Crippen molar-refractivity contribution in [2.45, 2.75) is 13.5 Å². The van der Waals surface area contributed by atoms with Gasteiger partial charge in [0.2, 0.25) is 0 Å². The molecule has 0 saturated heterocycles. The molecule has 0 spiro atoms. The van der Waals surface area contributed by atoms with Crippen LogP contribution in [0.3, 0.4) is 0 Å². The van der Waals surface area contributed by atoms with Crippen molar-refractivity contribution >= 4 is 46.1 Å². The van der Waals surface area contributed by atoms with Gasteiger partial charge in [-0.3, -0.25) is 5.43 Å². The molecule has 0 atom stereocenters. The molecule has 7 heteroatoms. The number of ether oxygens (including phenoxy) is 2. The van der Waals surface area contributed by atoms with E-state index in [1.165, 1.54) is 0 Å². The lowest BCUT2D eigenvalue weighted by Gasteiger charge is -2.13. The number of nitrogens with zero attached hydrogens (tertiary/aromatic N) is 1. The molecule has 0 radical (unpaired) electrons. The second-order valence-electron chi connectivity index (χ2n) is 5.04. The molecule has 132 valence electrons. The quantitative estimate of drug-likeness (QED) is 0.281. The molecule has 0 bridgehead atoms. The zero-order chi connectivity index (χ0) is 18.1. The van der Waals surface area contributed by atoms with E-state index in [2.05, 4.69) is 38.4 Å². The normalized spacial score (nSPS) is 10.5. The number of benzene rings is 2. The number of rotatable bonds is 7. The summed E-state index contributed by atoms with van der Waals surface area (Å²) in [5.41, 5.74) is 4.76. The largest absolute Gasteiger partial charge is 0.493 e. The minimum Gasteiger partial charge on any atom is -0.493 e. The molecule has 25 heavy (non-hydrogen) atoms.